The number of carbonyl (C=O) groups excluding carboxylic acids is 2. The number of hydrogen-bond acceptors (Lipinski definition) is 5. The molecule has 168 valence electrons. The van der Waals surface area contributed by atoms with Gasteiger partial charge >= 0.3 is 6.09 Å². The molecule has 0 unspecified atom stereocenters. The largest absolute Gasteiger partial charge is 0.415 e. The third-order valence-electron chi connectivity index (χ3n) is 6.55. The average molecular weight is 429 g/mol. The molecular weight excluding hydrogens is 396 g/mol. The Morgan fingerprint density at radius 3 is 2.61 bits per heavy atom. The lowest BCUT2D eigenvalue weighted by molar-refractivity contribution is -0.116. The van der Waals surface area contributed by atoms with Gasteiger partial charge in [0.05, 0.1) is 30.4 Å². The molecule has 1 saturated heterocycles. The minimum atomic E-state index is -0.669. The molecule has 0 atom stereocenters. The average Bonchev–Trinajstić information content (AvgIpc) is 3.03. The Labute approximate surface area is 183 Å². The molecule has 31 heavy (non-hydrogen) atoms. The Bertz CT molecular complexity index is 880. The van der Waals surface area contributed by atoms with Crippen molar-refractivity contribution < 1.29 is 23.8 Å². The van der Waals surface area contributed by atoms with Crippen LogP contribution in [0.3, 0.4) is 0 Å². The quantitative estimate of drug-likeness (QED) is 0.796. The third-order valence-corrected chi connectivity index (χ3v) is 6.55. The fraction of sp³-hybridized carbons (Fsp3) is 0.583. The first kappa shape index (κ1) is 21.8. The number of benzene rings is 1. The fourth-order valence-electron chi connectivity index (χ4n) is 4.81. The first-order valence-electron chi connectivity index (χ1n) is 11.2. The van der Waals surface area contributed by atoms with E-state index in [0.717, 1.165) is 29.5 Å². The highest BCUT2D eigenvalue weighted by Gasteiger charge is 2.50. The Morgan fingerprint density at radius 2 is 1.94 bits per heavy atom. The number of nitrogens with zero attached hydrogens (tertiary/aromatic N) is 1. The number of aryl methyl sites for hydroxylation is 2. The second kappa shape index (κ2) is 9.01. The van der Waals surface area contributed by atoms with Gasteiger partial charge in [-0.3, -0.25) is 4.79 Å². The predicted octanol–water partition coefficient (Wildman–Crippen LogP) is 3.33. The van der Waals surface area contributed by atoms with E-state index in [1.165, 1.54) is 0 Å². The molecule has 0 bridgehead atoms. The van der Waals surface area contributed by atoms with Crippen LogP contribution in [-0.4, -0.2) is 61.5 Å². The van der Waals surface area contributed by atoms with Gasteiger partial charge in [-0.05, 0) is 57.6 Å². The summed E-state index contributed by atoms with van der Waals surface area (Å²) in [6.45, 7) is 8.62. The highest BCUT2D eigenvalue weighted by atomic mass is 16.6. The molecule has 0 radical (unpaired) electrons. The van der Waals surface area contributed by atoms with Crippen molar-refractivity contribution in [1.82, 2.24) is 10.2 Å². The van der Waals surface area contributed by atoms with Gasteiger partial charge in [-0.15, -0.1) is 0 Å². The molecule has 4 rings (SSSR count). The van der Waals surface area contributed by atoms with Crippen molar-refractivity contribution in [2.45, 2.75) is 58.1 Å². The van der Waals surface area contributed by atoms with E-state index in [4.69, 9.17) is 14.2 Å². The van der Waals surface area contributed by atoms with Crippen molar-refractivity contribution in [2.75, 3.05) is 32.9 Å². The van der Waals surface area contributed by atoms with E-state index in [1.54, 1.807) is 4.90 Å². The number of hydrogen-bond donors (Lipinski definition) is 1. The Morgan fingerprint density at radius 1 is 1.23 bits per heavy atom. The predicted molar refractivity (Wildman–Crippen MR) is 116 cm³/mol. The number of carbonyl (C=O) groups is 2. The van der Waals surface area contributed by atoms with Gasteiger partial charge in [0.1, 0.15) is 5.76 Å². The van der Waals surface area contributed by atoms with Gasteiger partial charge in [-0.2, -0.15) is 0 Å². The summed E-state index contributed by atoms with van der Waals surface area (Å²) >= 11 is 0. The van der Waals surface area contributed by atoms with E-state index >= 15 is 0 Å². The molecule has 1 N–H and O–H groups in total. The van der Waals surface area contributed by atoms with Crippen LogP contribution in [0.2, 0.25) is 0 Å². The van der Waals surface area contributed by atoms with E-state index in [9.17, 15) is 9.59 Å². The second-order valence-corrected chi connectivity index (χ2v) is 8.68. The smallest absolute Gasteiger partial charge is 0.411 e. The van der Waals surface area contributed by atoms with Crippen molar-refractivity contribution in [3.63, 3.8) is 0 Å². The molecule has 2 amide bonds. The molecule has 1 saturated carbocycles. The highest BCUT2D eigenvalue weighted by molar-refractivity contribution is 6.24. The molecule has 7 nitrogen and oxygen atoms in total. The van der Waals surface area contributed by atoms with Crippen molar-refractivity contribution in [3.05, 3.63) is 40.6 Å². The third kappa shape index (κ3) is 4.34. The SMILES string of the molecule is CCOC1CCC2(CC1)NC(=O)C(c1cc(C)ccc1C)=C2OC(=O)N1CCOCC1. The number of rotatable bonds is 4. The second-order valence-electron chi connectivity index (χ2n) is 8.68. The van der Waals surface area contributed by atoms with E-state index in [0.29, 0.717) is 57.1 Å². The lowest BCUT2D eigenvalue weighted by atomic mass is 9.79. The van der Waals surface area contributed by atoms with Crippen LogP contribution in [0.1, 0.15) is 49.3 Å². The summed E-state index contributed by atoms with van der Waals surface area (Å²) in [5, 5.41) is 3.20. The number of ether oxygens (including phenoxy) is 3. The molecule has 7 heteroatoms. The van der Waals surface area contributed by atoms with Gasteiger partial charge < -0.3 is 24.4 Å². The van der Waals surface area contributed by atoms with E-state index in [2.05, 4.69) is 5.32 Å². The maximum Gasteiger partial charge on any atom is 0.415 e. The summed E-state index contributed by atoms with van der Waals surface area (Å²) in [5.74, 6) is 0.297. The van der Waals surface area contributed by atoms with Crippen LogP contribution >= 0.6 is 0 Å². The van der Waals surface area contributed by atoms with E-state index in [1.807, 2.05) is 39.0 Å². The first-order chi connectivity index (χ1) is 14.9. The molecule has 2 fully saturated rings. The molecule has 1 aromatic rings. The van der Waals surface area contributed by atoms with Crippen LogP contribution in [0.15, 0.2) is 24.0 Å². The van der Waals surface area contributed by atoms with Gasteiger partial charge in [0.2, 0.25) is 0 Å². The number of amides is 2. The number of morpholine rings is 1. The van der Waals surface area contributed by atoms with Crippen LogP contribution < -0.4 is 5.32 Å². The molecule has 1 aromatic carbocycles. The van der Waals surface area contributed by atoms with E-state index in [-0.39, 0.29) is 12.0 Å². The summed E-state index contributed by atoms with van der Waals surface area (Å²) in [7, 11) is 0. The molecule has 2 heterocycles. The number of nitrogens with one attached hydrogen (secondary N) is 1. The van der Waals surface area contributed by atoms with Crippen LogP contribution in [0.4, 0.5) is 4.79 Å². The summed E-state index contributed by atoms with van der Waals surface area (Å²) in [6, 6.07) is 6.02. The standard InChI is InChI=1S/C24H32N2O5/c1-4-30-18-7-9-24(10-8-18)21(31-23(28)26-11-13-29-14-12-26)20(22(27)25-24)19-15-16(2)5-6-17(19)3/h5-6,15,18H,4,7-14H2,1-3H3,(H,25,27). The van der Waals surface area contributed by atoms with Gasteiger partial charge in [0, 0.05) is 19.7 Å². The van der Waals surface area contributed by atoms with Crippen LogP contribution in [0.5, 0.6) is 0 Å². The highest BCUT2D eigenvalue weighted by Crippen LogP contribution is 2.44. The Balaban J connectivity index is 1.72. The molecule has 0 aromatic heterocycles. The van der Waals surface area contributed by atoms with Crippen LogP contribution in [0, 0.1) is 13.8 Å². The minimum Gasteiger partial charge on any atom is -0.411 e. The molecule has 1 aliphatic carbocycles. The fourth-order valence-corrected chi connectivity index (χ4v) is 4.81. The maximum atomic E-state index is 13.3. The lowest BCUT2D eigenvalue weighted by Crippen LogP contribution is -2.50. The molecular formula is C24H32N2O5. The zero-order chi connectivity index (χ0) is 22.0. The zero-order valence-electron chi connectivity index (χ0n) is 18.7. The minimum absolute atomic E-state index is 0.173. The first-order valence-corrected chi connectivity index (χ1v) is 11.2. The summed E-state index contributed by atoms with van der Waals surface area (Å²) in [6.07, 6.45) is 2.75. The van der Waals surface area contributed by atoms with Crippen molar-refractivity contribution >= 4 is 17.6 Å². The maximum absolute atomic E-state index is 13.3. The normalized spacial score (nSPS) is 26.4. The van der Waals surface area contributed by atoms with Crippen molar-refractivity contribution in [2.24, 2.45) is 0 Å². The summed E-state index contributed by atoms with van der Waals surface area (Å²) < 4.78 is 17.2. The van der Waals surface area contributed by atoms with Crippen LogP contribution in [0.25, 0.3) is 5.57 Å². The van der Waals surface area contributed by atoms with Crippen molar-refractivity contribution in [1.29, 1.82) is 0 Å². The van der Waals surface area contributed by atoms with Gasteiger partial charge in [-0.25, -0.2) is 4.79 Å². The van der Waals surface area contributed by atoms with Crippen molar-refractivity contribution in [3.8, 4) is 0 Å². The Hall–Kier alpha value is -2.38. The van der Waals surface area contributed by atoms with Gasteiger partial charge in [-0.1, -0.05) is 23.8 Å². The molecule has 2 aliphatic heterocycles. The van der Waals surface area contributed by atoms with Crippen LogP contribution in [-0.2, 0) is 19.0 Å². The van der Waals surface area contributed by atoms with Gasteiger partial charge in [0.15, 0.2) is 0 Å². The van der Waals surface area contributed by atoms with Gasteiger partial charge in [0.25, 0.3) is 5.91 Å². The van der Waals surface area contributed by atoms with E-state index < -0.39 is 11.6 Å². The summed E-state index contributed by atoms with van der Waals surface area (Å²) in [5.41, 5.74) is 2.68. The zero-order valence-corrected chi connectivity index (χ0v) is 18.7. The molecule has 3 aliphatic rings. The molecule has 1 spiro atoms. The lowest BCUT2D eigenvalue weighted by Gasteiger charge is -2.38. The Kier molecular flexibility index (Phi) is 6.34. The topological polar surface area (TPSA) is 77.1 Å². The summed E-state index contributed by atoms with van der Waals surface area (Å²) in [4.78, 5) is 27.9. The monoisotopic (exact) mass is 428 g/mol.